The first-order valence-corrected chi connectivity index (χ1v) is 5.78. The molecule has 15 heavy (non-hydrogen) atoms. The van der Waals surface area contributed by atoms with Crippen LogP contribution in [0.5, 0.6) is 0 Å². The predicted molar refractivity (Wildman–Crippen MR) is 57.4 cm³/mol. The van der Waals surface area contributed by atoms with E-state index in [0.29, 0.717) is 5.89 Å². The van der Waals surface area contributed by atoms with Crippen molar-refractivity contribution in [2.45, 2.75) is 51.5 Å². The van der Waals surface area contributed by atoms with Gasteiger partial charge >= 0.3 is 0 Å². The smallest absolute Gasteiger partial charge is 0.231 e. The van der Waals surface area contributed by atoms with Crippen LogP contribution >= 0.6 is 0 Å². The van der Waals surface area contributed by atoms with Crippen LogP contribution in [-0.2, 0) is 6.42 Å². The van der Waals surface area contributed by atoms with Crippen molar-refractivity contribution in [1.29, 1.82) is 0 Å². The zero-order chi connectivity index (χ0) is 10.8. The first-order chi connectivity index (χ1) is 7.20. The summed E-state index contributed by atoms with van der Waals surface area (Å²) in [5, 5.41) is 4.01. The second kappa shape index (κ2) is 4.31. The number of rotatable bonds is 5. The highest BCUT2D eigenvalue weighted by Crippen LogP contribution is 2.32. The molecule has 0 saturated heterocycles. The quantitative estimate of drug-likeness (QED) is 0.804. The molecule has 2 N–H and O–H groups in total. The van der Waals surface area contributed by atoms with Gasteiger partial charge in [-0.1, -0.05) is 12.1 Å². The van der Waals surface area contributed by atoms with Crippen molar-refractivity contribution in [1.82, 2.24) is 10.1 Å². The van der Waals surface area contributed by atoms with Crippen LogP contribution in [0.15, 0.2) is 4.52 Å². The second-order valence-electron chi connectivity index (χ2n) is 4.57. The van der Waals surface area contributed by atoms with Crippen LogP contribution in [0.25, 0.3) is 0 Å². The Hall–Kier alpha value is -0.900. The van der Waals surface area contributed by atoms with E-state index in [2.05, 4.69) is 17.1 Å². The maximum atomic E-state index is 5.87. The van der Waals surface area contributed by atoms with Crippen molar-refractivity contribution in [3.8, 4) is 0 Å². The Bertz CT molecular complexity index is 317. The van der Waals surface area contributed by atoms with Crippen LogP contribution in [0.3, 0.4) is 0 Å². The lowest BCUT2D eigenvalue weighted by Crippen LogP contribution is -2.24. The number of aromatic nitrogens is 2. The Kier molecular flexibility index (Phi) is 3.05. The van der Waals surface area contributed by atoms with Gasteiger partial charge in [0.05, 0.1) is 5.92 Å². The first kappa shape index (κ1) is 10.6. The van der Waals surface area contributed by atoms with Crippen molar-refractivity contribution < 1.29 is 4.52 Å². The van der Waals surface area contributed by atoms with Crippen molar-refractivity contribution >= 4 is 0 Å². The molecule has 2 rings (SSSR count). The molecule has 1 fully saturated rings. The summed E-state index contributed by atoms with van der Waals surface area (Å²) in [4.78, 5) is 4.43. The van der Waals surface area contributed by atoms with E-state index in [1.807, 2.05) is 6.92 Å². The molecule has 4 nitrogen and oxygen atoms in total. The minimum absolute atomic E-state index is 0.0734. The topological polar surface area (TPSA) is 64.9 Å². The molecule has 1 aromatic heterocycles. The third-order valence-electron chi connectivity index (χ3n) is 3.04. The number of hydrogen-bond acceptors (Lipinski definition) is 4. The molecule has 0 bridgehead atoms. The van der Waals surface area contributed by atoms with Crippen LogP contribution in [0.2, 0.25) is 0 Å². The van der Waals surface area contributed by atoms with Crippen molar-refractivity contribution in [2.75, 3.05) is 0 Å². The highest BCUT2D eigenvalue weighted by atomic mass is 16.5. The Morgan fingerprint density at radius 2 is 2.27 bits per heavy atom. The molecule has 84 valence electrons. The minimum Gasteiger partial charge on any atom is -0.339 e. The number of nitrogens with zero attached hydrogens (tertiary/aromatic N) is 2. The maximum absolute atomic E-state index is 5.87. The van der Waals surface area contributed by atoms with Gasteiger partial charge in [0.25, 0.3) is 0 Å². The van der Waals surface area contributed by atoms with Crippen LogP contribution in [0.4, 0.5) is 0 Å². The fraction of sp³-hybridized carbons (Fsp3) is 0.818. The van der Waals surface area contributed by atoms with Crippen molar-refractivity contribution in [3.05, 3.63) is 11.7 Å². The second-order valence-corrected chi connectivity index (χ2v) is 4.57. The molecule has 4 heteroatoms. The normalized spacial score (nSPS) is 20.2. The summed E-state index contributed by atoms with van der Waals surface area (Å²) < 4.78 is 5.27. The van der Waals surface area contributed by atoms with E-state index in [1.54, 1.807) is 0 Å². The summed E-state index contributed by atoms with van der Waals surface area (Å²) in [7, 11) is 0. The fourth-order valence-electron chi connectivity index (χ4n) is 1.85. The van der Waals surface area contributed by atoms with E-state index in [1.165, 1.54) is 12.8 Å². The van der Waals surface area contributed by atoms with Crippen LogP contribution in [0, 0.1) is 5.92 Å². The Morgan fingerprint density at radius 3 is 2.80 bits per heavy atom. The van der Waals surface area contributed by atoms with Gasteiger partial charge in [-0.05, 0) is 32.1 Å². The lowest BCUT2D eigenvalue weighted by atomic mass is 9.99. The molecule has 0 aliphatic heterocycles. The van der Waals surface area contributed by atoms with Crippen LogP contribution in [-0.4, -0.2) is 16.2 Å². The Labute approximate surface area is 90.2 Å². The predicted octanol–water partition coefficient (Wildman–Crippen LogP) is 1.86. The van der Waals surface area contributed by atoms with Gasteiger partial charge in [0.15, 0.2) is 5.82 Å². The van der Waals surface area contributed by atoms with Gasteiger partial charge in [-0.25, -0.2) is 0 Å². The van der Waals surface area contributed by atoms with E-state index < -0.39 is 0 Å². The molecule has 1 saturated carbocycles. The van der Waals surface area contributed by atoms with Gasteiger partial charge < -0.3 is 10.3 Å². The zero-order valence-corrected chi connectivity index (χ0v) is 9.44. The van der Waals surface area contributed by atoms with Gasteiger partial charge in [-0.3, -0.25) is 0 Å². The molecule has 0 amide bonds. The zero-order valence-electron chi connectivity index (χ0n) is 9.44. The van der Waals surface area contributed by atoms with E-state index >= 15 is 0 Å². The summed E-state index contributed by atoms with van der Waals surface area (Å²) in [5.41, 5.74) is 5.87. The van der Waals surface area contributed by atoms with E-state index in [0.717, 1.165) is 24.6 Å². The molecule has 2 unspecified atom stereocenters. The molecule has 1 aliphatic rings. The number of nitrogens with two attached hydrogens (primary N) is 1. The summed E-state index contributed by atoms with van der Waals surface area (Å²) in [5.74, 6) is 2.56. The van der Waals surface area contributed by atoms with Gasteiger partial charge in [-0.2, -0.15) is 4.98 Å². The third kappa shape index (κ3) is 2.56. The summed E-state index contributed by atoms with van der Waals surface area (Å²) >= 11 is 0. The van der Waals surface area contributed by atoms with E-state index in [4.69, 9.17) is 10.3 Å². The largest absolute Gasteiger partial charge is 0.339 e. The molecular weight excluding hydrogens is 190 g/mol. The van der Waals surface area contributed by atoms with Crippen molar-refractivity contribution in [3.63, 3.8) is 0 Å². The first-order valence-electron chi connectivity index (χ1n) is 5.78. The highest BCUT2D eigenvalue weighted by Gasteiger charge is 2.26. The average molecular weight is 209 g/mol. The minimum atomic E-state index is 0.0734. The standard InChI is InChI=1S/C11H19N3O/c1-3-9(7(2)12)11-13-10(14-15-11)6-8-4-5-8/h7-9H,3-6,12H2,1-2H3. The van der Waals surface area contributed by atoms with Gasteiger partial charge in [0.2, 0.25) is 5.89 Å². The monoisotopic (exact) mass is 209 g/mol. The fourth-order valence-corrected chi connectivity index (χ4v) is 1.85. The SMILES string of the molecule is CCC(c1nc(CC2CC2)no1)C(C)N. The van der Waals surface area contributed by atoms with Crippen molar-refractivity contribution in [2.24, 2.45) is 11.7 Å². The molecule has 1 aliphatic carbocycles. The van der Waals surface area contributed by atoms with E-state index in [9.17, 15) is 0 Å². The van der Waals surface area contributed by atoms with Gasteiger partial charge in [0, 0.05) is 12.5 Å². The summed E-state index contributed by atoms with van der Waals surface area (Å²) in [6, 6.07) is 0.0734. The Morgan fingerprint density at radius 1 is 1.53 bits per heavy atom. The summed E-state index contributed by atoms with van der Waals surface area (Å²) in [6.45, 7) is 4.08. The van der Waals surface area contributed by atoms with Crippen LogP contribution < -0.4 is 5.73 Å². The lowest BCUT2D eigenvalue weighted by molar-refractivity contribution is 0.330. The van der Waals surface area contributed by atoms with E-state index in [-0.39, 0.29) is 12.0 Å². The number of hydrogen-bond donors (Lipinski definition) is 1. The molecule has 2 atom stereocenters. The highest BCUT2D eigenvalue weighted by molar-refractivity contribution is 4.99. The summed E-state index contributed by atoms with van der Waals surface area (Å²) in [6.07, 6.45) is 4.55. The third-order valence-corrected chi connectivity index (χ3v) is 3.04. The van der Waals surface area contributed by atoms with Gasteiger partial charge in [0.1, 0.15) is 0 Å². The molecule has 0 aromatic carbocycles. The maximum Gasteiger partial charge on any atom is 0.231 e. The lowest BCUT2D eigenvalue weighted by Gasteiger charge is -2.13. The molecule has 1 aromatic rings. The molecule has 0 spiro atoms. The average Bonchev–Trinajstić information content (AvgIpc) is 2.86. The molecule has 1 heterocycles. The van der Waals surface area contributed by atoms with Crippen LogP contribution in [0.1, 0.15) is 50.7 Å². The Balaban J connectivity index is 2.03. The molecule has 0 radical (unpaired) electrons. The van der Waals surface area contributed by atoms with Gasteiger partial charge in [-0.15, -0.1) is 0 Å². The molecular formula is C11H19N3O.